The molecule has 1 amide bonds. The number of anilines is 2. The molecule has 0 aliphatic heterocycles. The van der Waals surface area contributed by atoms with Crippen LogP contribution in [0.4, 0.5) is 24.5 Å². The Morgan fingerprint density at radius 3 is 2.33 bits per heavy atom. The Bertz CT molecular complexity index is 651. The van der Waals surface area contributed by atoms with Gasteiger partial charge in [0.25, 0.3) is 0 Å². The first-order chi connectivity index (χ1) is 9.95. The maximum atomic E-state index is 13.0. The highest BCUT2D eigenvalue weighted by Gasteiger charge is 2.11. The van der Waals surface area contributed by atoms with Crippen LogP contribution in [0.2, 0.25) is 0 Å². The van der Waals surface area contributed by atoms with Crippen molar-refractivity contribution >= 4 is 17.3 Å². The van der Waals surface area contributed by atoms with Crippen molar-refractivity contribution in [2.24, 2.45) is 0 Å². The van der Waals surface area contributed by atoms with Crippen LogP contribution in [0.3, 0.4) is 0 Å². The van der Waals surface area contributed by atoms with E-state index in [2.05, 4.69) is 10.6 Å². The number of nitrogens with one attached hydrogen (secondary N) is 2. The fourth-order valence-corrected chi connectivity index (χ4v) is 1.77. The van der Waals surface area contributed by atoms with Crippen LogP contribution in [0.25, 0.3) is 0 Å². The molecule has 0 bridgehead atoms. The van der Waals surface area contributed by atoms with E-state index in [0.29, 0.717) is 5.69 Å². The van der Waals surface area contributed by atoms with E-state index in [9.17, 15) is 18.0 Å². The van der Waals surface area contributed by atoms with Crippen LogP contribution in [0.15, 0.2) is 36.4 Å². The second-order valence-electron chi connectivity index (χ2n) is 4.53. The van der Waals surface area contributed by atoms with E-state index in [-0.39, 0.29) is 18.1 Å². The molecule has 0 heterocycles. The molecule has 0 aliphatic carbocycles. The summed E-state index contributed by atoms with van der Waals surface area (Å²) >= 11 is 0. The number of benzene rings is 2. The van der Waals surface area contributed by atoms with Crippen LogP contribution < -0.4 is 10.6 Å². The third-order valence-corrected chi connectivity index (χ3v) is 2.74. The summed E-state index contributed by atoms with van der Waals surface area (Å²) in [6, 6.07) is 8.77. The minimum atomic E-state index is -1.54. The molecule has 2 N–H and O–H groups in total. The number of carbonyl (C=O) groups is 1. The van der Waals surface area contributed by atoms with Crippen molar-refractivity contribution in [2.45, 2.75) is 6.92 Å². The third kappa shape index (κ3) is 3.98. The van der Waals surface area contributed by atoms with E-state index in [0.717, 1.165) is 17.7 Å². The number of halogens is 3. The normalized spacial score (nSPS) is 10.3. The Kier molecular flexibility index (Phi) is 4.47. The van der Waals surface area contributed by atoms with E-state index >= 15 is 0 Å². The highest BCUT2D eigenvalue weighted by molar-refractivity contribution is 5.93. The van der Waals surface area contributed by atoms with Gasteiger partial charge in [-0.15, -0.1) is 0 Å². The molecule has 110 valence electrons. The predicted octanol–water partition coefficient (Wildman–Crippen LogP) is 3.46. The van der Waals surface area contributed by atoms with E-state index in [1.54, 1.807) is 18.2 Å². The number of hydrogen-bond donors (Lipinski definition) is 2. The minimum absolute atomic E-state index is 0.00853. The largest absolute Gasteiger partial charge is 0.376 e. The van der Waals surface area contributed by atoms with Crippen molar-refractivity contribution in [1.82, 2.24) is 0 Å². The van der Waals surface area contributed by atoms with Gasteiger partial charge in [0.2, 0.25) is 5.91 Å². The van der Waals surface area contributed by atoms with Crippen molar-refractivity contribution in [3.05, 3.63) is 59.4 Å². The Labute approximate surface area is 119 Å². The molecular formula is C15H13F3N2O. The molecule has 0 aromatic heterocycles. The maximum absolute atomic E-state index is 13.0. The van der Waals surface area contributed by atoms with E-state index in [4.69, 9.17) is 0 Å². The van der Waals surface area contributed by atoms with Gasteiger partial charge in [-0.2, -0.15) is 0 Å². The molecule has 0 atom stereocenters. The lowest BCUT2D eigenvalue weighted by atomic mass is 10.2. The molecule has 0 spiro atoms. The van der Waals surface area contributed by atoms with Crippen molar-refractivity contribution in [3.8, 4) is 0 Å². The topological polar surface area (TPSA) is 41.1 Å². The molecule has 3 nitrogen and oxygen atoms in total. The average Bonchev–Trinajstić information content (AvgIpc) is 2.42. The lowest BCUT2D eigenvalue weighted by Gasteiger charge is -2.09. The molecular weight excluding hydrogens is 281 g/mol. The first kappa shape index (κ1) is 14.9. The summed E-state index contributed by atoms with van der Waals surface area (Å²) < 4.78 is 38.8. The summed E-state index contributed by atoms with van der Waals surface area (Å²) in [7, 11) is 0. The van der Waals surface area contributed by atoms with Crippen LogP contribution in [0.1, 0.15) is 5.56 Å². The van der Waals surface area contributed by atoms with Gasteiger partial charge in [-0.05, 0) is 24.6 Å². The molecule has 2 aromatic carbocycles. The lowest BCUT2D eigenvalue weighted by molar-refractivity contribution is -0.114. The smallest absolute Gasteiger partial charge is 0.243 e. The Hall–Kier alpha value is -2.50. The van der Waals surface area contributed by atoms with Gasteiger partial charge >= 0.3 is 0 Å². The molecule has 0 saturated heterocycles. The molecule has 2 aromatic rings. The van der Waals surface area contributed by atoms with E-state index in [1.165, 1.54) is 0 Å². The van der Waals surface area contributed by atoms with Crippen LogP contribution in [-0.4, -0.2) is 12.5 Å². The van der Waals surface area contributed by atoms with Crippen LogP contribution in [-0.2, 0) is 4.79 Å². The minimum Gasteiger partial charge on any atom is -0.376 e. The van der Waals surface area contributed by atoms with Crippen molar-refractivity contribution in [1.29, 1.82) is 0 Å². The molecule has 0 aliphatic rings. The van der Waals surface area contributed by atoms with Crippen LogP contribution in [0, 0.1) is 24.4 Å². The summed E-state index contributed by atoms with van der Waals surface area (Å²) in [5.74, 6) is -4.54. The number of aryl methyl sites for hydroxylation is 1. The van der Waals surface area contributed by atoms with Gasteiger partial charge < -0.3 is 10.6 Å². The van der Waals surface area contributed by atoms with E-state index < -0.39 is 17.5 Å². The Morgan fingerprint density at radius 2 is 1.71 bits per heavy atom. The van der Waals surface area contributed by atoms with Crippen molar-refractivity contribution in [3.63, 3.8) is 0 Å². The zero-order chi connectivity index (χ0) is 15.4. The number of hydrogen-bond acceptors (Lipinski definition) is 2. The Balaban J connectivity index is 1.95. The first-order valence-corrected chi connectivity index (χ1v) is 6.20. The van der Waals surface area contributed by atoms with E-state index in [1.807, 2.05) is 13.0 Å². The molecule has 0 radical (unpaired) electrons. The fraction of sp³-hybridized carbons (Fsp3) is 0.133. The number of carbonyl (C=O) groups excluding carboxylic acids is 1. The maximum Gasteiger partial charge on any atom is 0.243 e. The summed E-state index contributed by atoms with van der Waals surface area (Å²) in [4.78, 5) is 11.7. The van der Waals surface area contributed by atoms with Crippen molar-refractivity contribution in [2.75, 3.05) is 17.2 Å². The number of rotatable bonds is 4. The average molecular weight is 294 g/mol. The van der Waals surface area contributed by atoms with Gasteiger partial charge in [0.05, 0.1) is 6.54 Å². The molecule has 6 heteroatoms. The van der Waals surface area contributed by atoms with Gasteiger partial charge in [0.15, 0.2) is 17.5 Å². The molecule has 0 unspecified atom stereocenters. The SMILES string of the molecule is Cc1cccc(NC(=O)CNc2cc(F)c(F)c(F)c2)c1. The summed E-state index contributed by atoms with van der Waals surface area (Å²) in [6.07, 6.45) is 0. The molecule has 21 heavy (non-hydrogen) atoms. The predicted molar refractivity (Wildman–Crippen MR) is 74.6 cm³/mol. The van der Waals surface area contributed by atoms with Crippen LogP contribution in [0.5, 0.6) is 0 Å². The zero-order valence-corrected chi connectivity index (χ0v) is 11.2. The monoisotopic (exact) mass is 294 g/mol. The van der Waals surface area contributed by atoms with Gasteiger partial charge in [-0.25, -0.2) is 13.2 Å². The standard InChI is InChI=1S/C15H13F3N2O/c1-9-3-2-4-10(5-9)20-14(21)8-19-11-6-12(16)15(18)13(17)7-11/h2-7,19H,8H2,1H3,(H,20,21). The highest BCUT2D eigenvalue weighted by atomic mass is 19.2. The van der Waals surface area contributed by atoms with Gasteiger partial charge in [-0.1, -0.05) is 12.1 Å². The quantitative estimate of drug-likeness (QED) is 0.848. The summed E-state index contributed by atoms with van der Waals surface area (Å²) in [5.41, 5.74) is 1.60. The third-order valence-electron chi connectivity index (χ3n) is 2.74. The van der Waals surface area contributed by atoms with Crippen LogP contribution >= 0.6 is 0 Å². The second kappa shape index (κ2) is 6.30. The number of amides is 1. The fourth-order valence-electron chi connectivity index (χ4n) is 1.77. The van der Waals surface area contributed by atoms with Gasteiger partial charge in [0, 0.05) is 23.5 Å². The molecule has 0 saturated carbocycles. The Morgan fingerprint density at radius 1 is 1.05 bits per heavy atom. The lowest BCUT2D eigenvalue weighted by Crippen LogP contribution is -2.22. The van der Waals surface area contributed by atoms with Crippen molar-refractivity contribution < 1.29 is 18.0 Å². The first-order valence-electron chi connectivity index (χ1n) is 6.20. The second-order valence-corrected chi connectivity index (χ2v) is 4.53. The summed E-state index contributed by atoms with van der Waals surface area (Å²) in [6.45, 7) is 1.69. The zero-order valence-electron chi connectivity index (χ0n) is 11.2. The van der Waals surface area contributed by atoms with Gasteiger partial charge in [-0.3, -0.25) is 4.79 Å². The summed E-state index contributed by atoms with van der Waals surface area (Å²) in [5, 5.41) is 5.16. The van der Waals surface area contributed by atoms with Gasteiger partial charge in [0.1, 0.15) is 0 Å². The molecule has 0 fully saturated rings. The highest BCUT2D eigenvalue weighted by Crippen LogP contribution is 2.17. The molecule has 2 rings (SSSR count).